The van der Waals surface area contributed by atoms with Gasteiger partial charge in [-0.25, -0.2) is 14.6 Å². The van der Waals surface area contributed by atoms with Crippen molar-refractivity contribution in [2.75, 3.05) is 11.1 Å². The Labute approximate surface area is 145 Å². The summed E-state index contributed by atoms with van der Waals surface area (Å²) in [7, 11) is 1.74. The Bertz CT molecular complexity index is 884. The number of aromatic nitrogens is 5. The van der Waals surface area contributed by atoms with Crippen molar-refractivity contribution in [3.8, 4) is 0 Å². The Morgan fingerprint density at radius 3 is 2.91 bits per heavy atom. The van der Waals surface area contributed by atoms with E-state index in [2.05, 4.69) is 25.6 Å². The van der Waals surface area contributed by atoms with Crippen molar-refractivity contribution in [1.29, 1.82) is 0 Å². The molecule has 0 spiro atoms. The maximum Gasteiger partial charge on any atom is 0.234 e. The highest BCUT2D eigenvalue weighted by molar-refractivity contribution is 8.00. The number of anilines is 1. The van der Waals surface area contributed by atoms with Crippen molar-refractivity contribution in [3.63, 3.8) is 0 Å². The maximum atomic E-state index is 12.0. The number of amides is 1. The first-order valence-corrected chi connectivity index (χ1v) is 8.17. The molecular formula is C13H10Cl2N6OS. The fourth-order valence-electron chi connectivity index (χ4n) is 1.84. The molecule has 118 valence electrons. The molecule has 3 rings (SSSR count). The molecule has 0 radical (unpaired) electrons. The quantitative estimate of drug-likeness (QED) is 0.562. The van der Waals surface area contributed by atoms with E-state index in [0.717, 1.165) is 0 Å². The average Bonchev–Trinajstić information content (AvgIpc) is 2.91. The SMILES string of the molecule is Cn1nnc2c(SCC(=O)Nc3ccc(Cl)c(Cl)c3)ncnc21. The second-order valence-corrected chi connectivity index (χ2v) is 6.31. The molecule has 0 fully saturated rings. The van der Waals surface area contributed by atoms with Crippen LogP contribution in [0.25, 0.3) is 11.2 Å². The number of halogens is 2. The number of rotatable bonds is 4. The van der Waals surface area contributed by atoms with Gasteiger partial charge in [0.25, 0.3) is 0 Å². The number of nitrogens with one attached hydrogen (secondary N) is 1. The zero-order valence-electron chi connectivity index (χ0n) is 11.8. The van der Waals surface area contributed by atoms with Crippen LogP contribution in [0.4, 0.5) is 5.69 Å². The van der Waals surface area contributed by atoms with Crippen molar-refractivity contribution in [3.05, 3.63) is 34.6 Å². The van der Waals surface area contributed by atoms with Gasteiger partial charge in [-0.15, -0.1) is 5.10 Å². The van der Waals surface area contributed by atoms with Crippen LogP contribution in [0.2, 0.25) is 10.0 Å². The van der Waals surface area contributed by atoms with E-state index in [1.54, 1.807) is 29.9 Å². The van der Waals surface area contributed by atoms with Gasteiger partial charge in [0, 0.05) is 12.7 Å². The van der Waals surface area contributed by atoms with E-state index in [9.17, 15) is 4.79 Å². The Balaban J connectivity index is 1.67. The van der Waals surface area contributed by atoms with E-state index >= 15 is 0 Å². The molecule has 1 amide bonds. The Hall–Kier alpha value is -1.90. The van der Waals surface area contributed by atoms with Crippen LogP contribution in [0.3, 0.4) is 0 Å². The molecule has 2 heterocycles. The molecule has 2 aromatic heterocycles. The molecular weight excluding hydrogens is 359 g/mol. The van der Waals surface area contributed by atoms with Crippen molar-refractivity contribution >= 4 is 57.7 Å². The van der Waals surface area contributed by atoms with E-state index in [1.165, 1.54) is 18.1 Å². The number of aryl methyl sites for hydroxylation is 1. The number of hydrogen-bond acceptors (Lipinski definition) is 6. The lowest BCUT2D eigenvalue weighted by Gasteiger charge is -2.06. The summed E-state index contributed by atoms with van der Waals surface area (Å²) < 4.78 is 1.55. The van der Waals surface area contributed by atoms with Crippen molar-refractivity contribution in [1.82, 2.24) is 25.0 Å². The summed E-state index contributed by atoms with van der Waals surface area (Å²) in [6.07, 6.45) is 1.42. The van der Waals surface area contributed by atoms with Crippen LogP contribution in [0.1, 0.15) is 0 Å². The molecule has 0 saturated heterocycles. The average molecular weight is 369 g/mol. The molecule has 0 bridgehead atoms. The largest absolute Gasteiger partial charge is 0.325 e. The van der Waals surface area contributed by atoms with Gasteiger partial charge < -0.3 is 5.32 Å². The molecule has 0 aliphatic carbocycles. The van der Waals surface area contributed by atoms with Gasteiger partial charge in [0.1, 0.15) is 11.4 Å². The molecule has 0 unspecified atom stereocenters. The zero-order valence-corrected chi connectivity index (χ0v) is 14.2. The van der Waals surface area contributed by atoms with Gasteiger partial charge in [0.15, 0.2) is 11.2 Å². The predicted octanol–water partition coefficient (Wildman–Crippen LogP) is 2.80. The number of carbonyl (C=O) groups excluding carboxylic acids is 1. The zero-order chi connectivity index (χ0) is 16.4. The highest BCUT2D eigenvalue weighted by atomic mass is 35.5. The third kappa shape index (κ3) is 3.54. The second kappa shape index (κ2) is 6.69. The van der Waals surface area contributed by atoms with E-state index in [1.807, 2.05) is 0 Å². The minimum absolute atomic E-state index is 0.170. The first-order valence-electron chi connectivity index (χ1n) is 6.42. The van der Waals surface area contributed by atoms with Gasteiger partial charge in [0.2, 0.25) is 5.91 Å². The topological polar surface area (TPSA) is 85.6 Å². The number of nitrogens with zero attached hydrogens (tertiary/aromatic N) is 5. The molecule has 0 atom stereocenters. The van der Waals surface area contributed by atoms with E-state index in [-0.39, 0.29) is 11.7 Å². The number of thioether (sulfide) groups is 1. The second-order valence-electron chi connectivity index (χ2n) is 4.53. The van der Waals surface area contributed by atoms with Crippen LogP contribution in [-0.4, -0.2) is 36.6 Å². The summed E-state index contributed by atoms with van der Waals surface area (Å²) in [5.41, 5.74) is 1.77. The lowest BCUT2D eigenvalue weighted by Crippen LogP contribution is -2.14. The first-order chi connectivity index (χ1) is 11.0. The standard InChI is InChI=1S/C13H10Cl2N6OS/c1-21-12-11(19-20-21)13(17-6-16-12)23-5-10(22)18-7-2-3-8(14)9(15)4-7/h2-4,6H,5H2,1H3,(H,18,22). The molecule has 0 saturated carbocycles. The lowest BCUT2D eigenvalue weighted by atomic mass is 10.3. The first kappa shape index (κ1) is 16.0. The molecule has 1 N–H and O–H groups in total. The normalized spacial score (nSPS) is 10.9. The molecule has 23 heavy (non-hydrogen) atoms. The Kier molecular flexibility index (Phi) is 4.65. The summed E-state index contributed by atoms with van der Waals surface area (Å²) in [4.78, 5) is 20.3. The molecule has 7 nitrogen and oxygen atoms in total. The van der Waals surface area contributed by atoms with Crippen molar-refractivity contribution in [2.45, 2.75) is 5.03 Å². The molecule has 0 aliphatic heterocycles. The summed E-state index contributed by atoms with van der Waals surface area (Å²) in [6.45, 7) is 0. The maximum absolute atomic E-state index is 12.0. The third-order valence-electron chi connectivity index (χ3n) is 2.90. The number of carbonyl (C=O) groups is 1. The fourth-order valence-corrected chi connectivity index (χ4v) is 2.87. The summed E-state index contributed by atoms with van der Waals surface area (Å²) >= 11 is 13.0. The lowest BCUT2D eigenvalue weighted by molar-refractivity contribution is -0.113. The van der Waals surface area contributed by atoms with Crippen LogP contribution in [0.5, 0.6) is 0 Å². The highest BCUT2D eigenvalue weighted by Crippen LogP contribution is 2.26. The van der Waals surface area contributed by atoms with Crippen LogP contribution in [0, 0.1) is 0 Å². The summed E-state index contributed by atoms with van der Waals surface area (Å²) in [5.74, 6) is -0.0211. The van der Waals surface area contributed by atoms with Crippen molar-refractivity contribution < 1.29 is 4.79 Å². The summed E-state index contributed by atoms with van der Waals surface area (Å²) in [5, 5.41) is 12.1. The molecule has 3 aromatic rings. The Morgan fingerprint density at radius 1 is 1.30 bits per heavy atom. The molecule has 0 aliphatic rings. The van der Waals surface area contributed by atoms with Crippen LogP contribution < -0.4 is 5.32 Å². The number of benzene rings is 1. The van der Waals surface area contributed by atoms with E-state index in [4.69, 9.17) is 23.2 Å². The third-order valence-corrected chi connectivity index (χ3v) is 4.62. The van der Waals surface area contributed by atoms with Gasteiger partial charge in [0.05, 0.1) is 15.8 Å². The van der Waals surface area contributed by atoms with Gasteiger partial charge in [-0.2, -0.15) is 0 Å². The van der Waals surface area contributed by atoms with E-state index in [0.29, 0.717) is 31.9 Å². The van der Waals surface area contributed by atoms with Crippen LogP contribution >= 0.6 is 35.0 Å². The van der Waals surface area contributed by atoms with Crippen LogP contribution in [-0.2, 0) is 11.8 Å². The van der Waals surface area contributed by atoms with Crippen molar-refractivity contribution in [2.24, 2.45) is 7.05 Å². The smallest absolute Gasteiger partial charge is 0.234 e. The van der Waals surface area contributed by atoms with Gasteiger partial charge in [-0.1, -0.05) is 40.2 Å². The minimum Gasteiger partial charge on any atom is -0.325 e. The molecule has 10 heteroatoms. The van der Waals surface area contributed by atoms with Gasteiger partial charge >= 0.3 is 0 Å². The number of fused-ring (bicyclic) bond motifs is 1. The van der Waals surface area contributed by atoms with Gasteiger partial charge in [-0.3, -0.25) is 4.79 Å². The predicted molar refractivity (Wildman–Crippen MR) is 89.9 cm³/mol. The minimum atomic E-state index is -0.191. The Morgan fingerprint density at radius 2 is 2.13 bits per heavy atom. The van der Waals surface area contributed by atoms with Crippen LogP contribution in [0.15, 0.2) is 29.6 Å². The fraction of sp³-hybridized carbons (Fsp3) is 0.154. The monoisotopic (exact) mass is 368 g/mol. The van der Waals surface area contributed by atoms with E-state index < -0.39 is 0 Å². The summed E-state index contributed by atoms with van der Waals surface area (Å²) in [6, 6.07) is 4.90. The highest BCUT2D eigenvalue weighted by Gasteiger charge is 2.12. The number of hydrogen-bond donors (Lipinski definition) is 1. The molecule has 1 aromatic carbocycles. The van der Waals surface area contributed by atoms with Gasteiger partial charge in [-0.05, 0) is 18.2 Å².